The Morgan fingerprint density at radius 2 is 2.23 bits per heavy atom. The van der Waals surface area contributed by atoms with Crippen molar-refractivity contribution < 1.29 is 13.5 Å². The van der Waals surface area contributed by atoms with E-state index in [0.29, 0.717) is 0 Å². The quantitative estimate of drug-likeness (QED) is 0.547. The van der Waals surface area contributed by atoms with Crippen molar-refractivity contribution in [2.75, 3.05) is 0 Å². The minimum absolute atomic E-state index is 0.109. The molecule has 6 heteroatoms. The zero-order valence-corrected chi connectivity index (χ0v) is 6.50. The van der Waals surface area contributed by atoms with Crippen molar-refractivity contribution in [1.29, 1.82) is 5.41 Å². The van der Waals surface area contributed by atoms with E-state index in [1.165, 1.54) is 18.2 Å². The minimum atomic E-state index is -2.92. The lowest BCUT2D eigenvalue weighted by atomic mass is 10.3. The molecule has 13 heavy (non-hydrogen) atoms. The molecule has 1 aromatic heterocycles. The number of nitrogens with zero attached hydrogens (tertiary/aromatic N) is 1. The molecular weight excluding hydrogens is 180 g/mol. The zero-order valence-electron chi connectivity index (χ0n) is 6.50. The highest BCUT2D eigenvalue weighted by Gasteiger charge is 2.06. The molecule has 0 aliphatic heterocycles. The van der Waals surface area contributed by atoms with Gasteiger partial charge in [-0.2, -0.15) is 8.78 Å². The molecule has 0 atom stereocenters. The Morgan fingerprint density at radius 3 is 2.77 bits per heavy atom. The van der Waals surface area contributed by atoms with Gasteiger partial charge in [-0.3, -0.25) is 5.41 Å². The number of nitrogens with two attached hydrogens (primary N) is 1. The van der Waals surface area contributed by atoms with Gasteiger partial charge in [0.25, 0.3) is 0 Å². The summed E-state index contributed by atoms with van der Waals surface area (Å²) in [6.07, 6.45) is 0. The van der Waals surface area contributed by atoms with Crippen LogP contribution in [0, 0.1) is 5.41 Å². The maximum Gasteiger partial charge on any atom is 0.388 e. The molecule has 0 unspecified atom stereocenters. The van der Waals surface area contributed by atoms with Crippen LogP contribution in [0.4, 0.5) is 8.78 Å². The lowest BCUT2D eigenvalue weighted by molar-refractivity contribution is -0.0528. The number of hydrogen-bond acceptors (Lipinski definition) is 3. The Balaban J connectivity index is 2.85. The first-order chi connectivity index (χ1) is 6.09. The Morgan fingerprint density at radius 1 is 1.54 bits per heavy atom. The molecule has 0 aliphatic carbocycles. The van der Waals surface area contributed by atoms with Gasteiger partial charge in [0, 0.05) is 6.07 Å². The average Bonchev–Trinajstić information content (AvgIpc) is 2.03. The van der Waals surface area contributed by atoms with Crippen LogP contribution < -0.4 is 10.5 Å². The van der Waals surface area contributed by atoms with Crippen LogP contribution in [0.25, 0.3) is 0 Å². The summed E-state index contributed by atoms with van der Waals surface area (Å²) >= 11 is 0. The Bertz CT molecular complexity index is 316. The van der Waals surface area contributed by atoms with Gasteiger partial charge >= 0.3 is 6.61 Å². The normalized spacial score (nSPS) is 10.1. The highest BCUT2D eigenvalue weighted by molar-refractivity contribution is 5.93. The van der Waals surface area contributed by atoms with Crippen LogP contribution in [-0.2, 0) is 0 Å². The van der Waals surface area contributed by atoms with E-state index in [1.807, 2.05) is 0 Å². The second-order valence-corrected chi connectivity index (χ2v) is 2.15. The fourth-order valence-electron chi connectivity index (χ4n) is 0.722. The third-order valence-electron chi connectivity index (χ3n) is 1.21. The largest absolute Gasteiger partial charge is 0.417 e. The maximum absolute atomic E-state index is 11.7. The fourth-order valence-corrected chi connectivity index (χ4v) is 0.722. The van der Waals surface area contributed by atoms with Crippen molar-refractivity contribution >= 4 is 5.84 Å². The van der Waals surface area contributed by atoms with E-state index >= 15 is 0 Å². The molecule has 0 bridgehead atoms. The highest BCUT2D eigenvalue weighted by Crippen LogP contribution is 2.10. The van der Waals surface area contributed by atoms with Crippen molar-refractivity contribution in [2.24, 2.45) is 5.73 Å². The van der Waals surface area contributed by atoms with Gasteiger partial charge in [-0.25, -0.2) is 4.98 Å². The van der Waals surface area contributed by atoms with E-state index in [-0.39, 0.29) is 17.4 Å². The van der Waals surface area contributed by atoms with Gasteiger partial charge < -0.3 is 10.5 Å². The summed E-state index contributed by atoms with van der Waals surface area (Å²) < 4.78 is 27.4. The smallest absolute Gasteiger partial charge is 0.388 e. The van der Waals surface area contributed by atoms with Crippen LogP contribution in [0.1, 0.15) is 5.69 Å². The number of pyridine rings is 1. The molecule has 1 heterocycles. The first-order valence-corrected chi connectivity index (χ1v) is 3.36. The first-order valence-electron chi connectivity index (χ1n) is 3.36. The van der Waals surface area contributed by atoms with Crippen molar-refractivity contribution in [3.63, 3.8) is 0 Å². The van der Waals surface area contributed by atoms with E-state index in [4.69, 9.17) is 11.1 Å². The monoisotopic (exact) mass is 187 g/mol. The van der Waals surface area contributed by atoms with Crippen LogP contribution in [-0.4, -0.2) is 17.4 Å². The van der Waals surface area contributed by atoms with Crippen molar-refractivity contribution in [1.82, 2.24) is 4.98 Å². The summed E-state index contributed by atoms with van der Waals surface area (Å²) in [7, 11) is 0. The molecule has 0 radical (unpaired) electrons. The number of alkyl halides is 2. The van der Waals surface area contributed by atoms with Gasteiger partial charge in [0.1, 0.15) is 11.5 Å². The number of hydrogen-bond donors (Lipinski definition) is 2. The van der Waals surface area contributed by atoms with Crippen LogP contribution in [0.15, 0.2) is 18.2 Å². The lowest BCUT2D eigenvalue weighted by Gasteiger charge is -2.03. The van der Waals surface area contributed by atoms with E-state index < -0.39 is 6.61 Å². The summed E-state index contributed by atoms with van der Waals surface area (Å²) in [5.74, 6) is -0.539. The molecule has 0 fully saturated rings. The molecule has 3 N–H and O–H groups in total. The second-order valence-electron chi connectivity index (χ2n) is 2.15. The summed E-state index contributed by atoms with van der Waals surface area (Å²) in [4.78, 5) is 3.56. The molecule has 0 saturated heterocycles. The van der Waals surface area contributed by atoms with Gasteiger partial charge in [0.05, 0.1) is 0 Å². The van der Waals surface area contributed by atoms with Crippen LogP contribution in [0.3, 0.4) is 0 Å². The van der Waals surface area contributed by atoms with Gasteiger partial charge in [-0.15, -0.1) is 0 Å². The molecule has 0 aromatic carbocycles. The van der Waals surface area contributed by atoms with Gasteiger partial charge in [0.15, 0.2) is 0 Å². The first kappa shape index (κ1) is 9.37. The lowest BCUT2D eigenvalue weighted by Crippen LogP contribution is -2.14. The number of rotatable bonds is 3. The zero-order chi connectivity index (χ0) is 9.84. The molecule has 70 valence electrons. The number of nitrogen functional groups attached to an aromatic ring is 1. The molecular formula is C7H7F2N3O. The third-order valence-corrected chi connectivity index (χ3v) is 1.21. The molecule has 1 aromatic rings. The summed E-state index contributed by atoms with van der Waals surface area (Å²) in [6, 6.07) is 4.13. The predicted molar refractivity (Wildman–Crippen MR) is 41.9 cm³/mol. The van der Waals surface area contributed by atoms with E-state index in [2.05, 4.69) is 9.72 Å². The van der Waals surface area contributed by atoms with Crippen LogP contribution >= 0.6 is 0 Å². The topological polar surface area (TPSA) is 72.0 Å². The summed E-state index contributed by atoms with van der Waals surface area (Å²) in [6.45, 7) is -2.92. The molecule has 0 saturated carbocycles. The summed E-state index contributed by atoms with van der Waals surface area (Å²) in [5.41, 5.74) is 5.20. The highest BCUT2D eigenvalue weighted by atomic mass is 19.3. The fraction of sp³-hybridized carbons (Fsp3) is 0.143. The number of nitrogens with one attached hydrogen (secondary N) is 1. The van der Waals surface area contributed by atoms with E-state index in [1.54, 1.807) is 0 Å². The average molecular weight is 187 g/mol. The number of ether oxygens (including phenoxy) is 1. The van der Waals surface area contributed by atoms with Crippen molar-refractivity contribution in [2.45, 2.75) is 6.61 Å². The van der Waals surface area contributed by atoms with Crippen molar-refractivity contribution in [3.05, 3.63) is 23.9 Å². The SMILES string of the molecule is N=C(N)c1cccc(OC(F)F)n1. The van der Waals surface area contributed by atoms with Gasteiger partial charge in [-0.05, 0) is 6.07 Å². The van der Waals surface area contributed by atoms with Crippen LogP contribution in [0.2, 0.25) is 0 Å². The molecule has 0 aliphatic rings. The number of halogens is 2. The number of amidine groups is 1. The Labute approximate surface area is 72.9 Å². The standard InChI is InChI=1S/C7H7F2N3O/c8-7(9)13-5-3-1-2-4(12-5)6(10)11/h1-3,7H,(H3,10,11). The molecule has 0 amide bonds. The number of aromatic nitrogens is 1. The Kier molecular flexibility index (Phi) is 2.73. The molecule has 1 rings (SSSR count). The summed E-state index contributed by atoms with van der Waals surface area (Å²) in [5, 5.41) is 6.99. The second kappa shape index (κ2) is 3.79. The molecule has 0 spiro atoms. The van der Waals surface area contributed by atoms with Crippen molar-refractivity contribution in [3.8, 4) is 5.88 Å². The van der Waals surface area contributed by atoms with Crippen LogP contribution in [0.5, 0.6) is 5.88 Å². The maximum atomic E-state index is 11.7. The molecule has 4 nitrogen and oxygen atoms in total. The van der Waals surface area contributed by atoms with Gasteiger partial charge in [-0.1, -0.05) is 6.07 Å². The predicted octanol–water partition coefficient (Wildman–Crippen LogP) is 0.967. The van der Waals surface area contributed by atoms with Gasteiger partial charge in [0.2, 0.25) is 5.88 Å². The Hall–Kier alpha value is -1.72. The minimum Gasteiger partial charge on any atom is -0.417 e. The third kappa shape index (κ3) is 2.66. The van der Waals surface area contributed by atoms with E-state index in [9.17, 15) is 8.78 Å². The van der Waals surface area contributed by atoms with E-state index in [0.717, 1.165) is 0 Å².